The van der Waals surface area contributed by atoms with Gasteiger partial charge in [-0.15, -0.1) is 0 Å². The lowest BCUT2D eigenvalue weighted by molar-refractivity contribution is 0.788. The number of rotatable bonds is 4. The normalized spacial score (nSPS) is 12.7. The average molecular weight is 294 g/mol. The van der Waals surface area contributed by atoms with Gasteiger partial charge in [0.25, 0.3) is 0 Å². The number of anilines is 1. The van der Waals surface area contributed by atoms with Crippen LogP contribution in [0.5, 0.6) is 0 Å². The lowest BCUT2D eigenvalue weighted by Gasteiger charge is -2.14. The molecule has 0 bridgehead atoms. The SMILES string of the molecule is CC(Cc1ccsc1)Nc1nc(Cl)nc2[nH]ncc12. The van der Waals surface area contributed by atoms with Gasteiger partial charge in [0, 0.05) is 6.04 Å². The lowest BCUT2D eigenvalue weighted by Crippen LogP contribution is -2.18. The molecule has 0 amide bonds. The Hall–Kier alpha value is -1.66. The van der Waals surface area contributed by atoms with E-state index in [-0.39, 0.29) is 11.3 Å². The number of nitrogens with one attached hydrogen (secondary N) is 2. The first kappa shape index (κ1) is 12.4. The minimum Gasteiger partial charge on any atom is -0.367 e. The molecule has 0 saturated carbocycles. The number of hydrogen-bond donors (Lipinski definition) is 2. The molecule has 0 aliphatic heterocycles. The molecule has 3 rings (SSSR count). The summed E-state index contributed by atoms with van der Waals surface area (Å²) >= 11 is 7.60. The van der Waals surface area contributed by atoms with Crippen LogP contribution in [0.1, 0.15) is 12.5 Å². The summed E-state index contributed by atoms with van der Waals surface area (Å²) in [6.07, 6.45) is 2.63. The summed E-state index contributed by atoms with van der Waals surface area (Å²) in [6.45, 7) is 2.11. The van der Waals surface area contributed by atoms with Crippen molar-refractivity contribution in [3.63, 3.8) is 0 Å². The summed E-state index contributed by atoms with van der Waals surface area (Å²) in [7, 11) is 0. The van der Waals surface area contributed by atoms with E-state index in [0.717, 1.165) is 11.8 Å². The molecule has 0 aliphatic rings. The van der Waals surface area contributed by atoms with Crippen LogP contribution in [0.4, 0.5) is 5.82 Å². The van der Waals surface area contributed by atoms with Crippen LogP contribution in [0.15, 0.2) is 23.0 Å². The molecular weight excluding hydrogens is 282 g/mol. The van der Waals surface area contributed by atoms with Gasteiger partial charge in [0.15, 0.2) is 5.65 Å². The van der Waals surface area contributed by atoms with Gasteiger partial charge in [-0.05, 0) is 47.3 Å². The molecule has 0 aliphatic carbocycles. The van der Waals surface area contributed by atoms with Gasteiger partial charge in [-0.1, -0.05) is 0 Å². The highest BCUT2D eigenvalue weighted by Gasteiger charge is 2.11. The molecule has 0 spiro atoms. The quantitative estimate of drug-likeness (QED) is 0.725. The first-order chi connectivity index (χ1) is 9.22. The van der Waals surface area contributed by atoms with E-state index in [1.165, 1.54) is 5.56 Å². The Balaban J connectivity index is 1.82. The van der Waals surface area contributed by atoms with Crippen molar-refractivity contribution in [1.82, 2.24) is 20.2 Å². The second-order valence-electron chi connectivity index (χ2n) is 4.35. The van der Waals surface area contributed by atoms with E-state index in [0.29, 0.717) is 11.5 Å². The predicted molar refractivity (Wildman–Crippen MR) is 77.8 cm³/mol. The largest absolute Gasteiger partial charge is 0.367 e. The number of fused-ring (bicyclic) bond motifs is 1. The maximum absolute atomic E-state index is 5.90. The molecular formula is C12H12ClN5S. The molecule has 0 aromatic carbocycles. The minimum absolute atomic E-state index is 0.210. The smallest absolute Gasteiger partial charge is 0.226 e. The van der Waals surface area contributed by atoms with Crippen LogP contribution in [0.2, 0.25) is 5.28 Å². The van der Waals surface area contributed by atoms with E-state index >= 15 is 0 Å². The molecule has 19 heavy (non-hydrogen) atoms. The summed E-state index contributed by atoms with van der Waals surface area (Å²) in [4.78, 5) is 8.31. The molecule has 5 nitrogen and oxygen atoms in total. The number of halogens is 1. The summed E-state index contributed by atoms with van der Waals surface area (Å²) in [5, 5.41) is 15.4. The third-order valence-electron chi connectivity index (χ3n) is 2.79. The Bertz CT molecular complexity index is 679. The highest BCUT2D eigenvalue weighted by atomic mass is 35.5. The van der Waals surface area contributed by atoms with Gasteiger partial charge in [0.05, 0.1) is 11.6 Å². The Morgan fingerprint density at radius 2 is 2.37 bits per heavy atom. The van der Waals surface area contributed by atoms with Gasteiger partial charge < -0.3 is 5.32 Å². The van der Waals surface area contributed by atoms with Crippen molar-refractivity contribution in [3.8, 4) is 0 Å². The third-order valence-corrected chi connectivity index (χ3v) is 3.69. The zero-order chi connectivity index (χ0) is 13.2. The van der Waals surface area contributed by atoms with Crippen LogP contribution in [0.3, 0.4) is 0 Å². The minimum atomic E-state index is 0.210. The zero-order valence-electron chi connectivity index (χ0n) is 10.2. The molecule has 3 heterocycles. The van der Waals surface area contributed by atoms with Crippen LogP contribution in [0.25, 0.3) is 11.0 Å². The molecule has 2 N–H and O–H groups in total. The molecule has 1 unspecified atom stereocenters. The molecule has 98 valence electrons. The van der Waals surface area contributed by atoms with Crippen molar-refractivity contribution in [2.24, 2.45) is 0 Å². The highest BCUT2D eigenvalue weighted by molar-refractivity contribution is 7.07. The number of aromatic nitrogens is 4. The van der Waals surface area contributed by atoms with Gasteiger partial charge >= 0.3 is 0 Å². The third kappa shape index (κ3) is 2.69. The molecule has 0 fully saturated rings. The molecule has 1 atom stereocenters. The monoisotopic (exact) mass is 293 g/mol. The summed E-state index contributed by atoms with van der Waals surface area (Å²) in [5.41, 5.74) is 1.96. The van der Waals surface area contributed by atoms with Crippen molar-refractivity contribution in [2.45, 2.75) is 19.4 Å². The van der Waals surface area contributed by atoms with Gasteiger partial charge in [0.1, 0.15) is 5.82 Å². The topological polar surface area (TPSA) is 66.5 Å². The van der Waals surface area contributed by atoms with Crippen LogP contribution in [0, 0.1) is 0 Å². The number of aromatic amines is 1. The zero-order valence-corrected chi connectivity index (χ0v) is 11.8. The Morgan fingerprint density at radius 3 is 3.16 bits per heavy atom. The molecule has 3 aromatic heterocycles. The number of hydrogen-bond acceptors (Lipinski definition) is 5. The Labute approximate surface area is 119 Å². The van der Waals surface area contributed by atoms with Gasteiger partial charge in [-0.2, -0.15) is 26.4 Å². The highest BCUT2D eigenvalue weighted by Crippen LogP contribution is 2.21. The van der Waals surface area contributed by atoms with E-state index in [2.05, 4.69) is 49.2 Å². The molecule has 7 heteroatoms. The number of thiophene rings is 1. The van der Waals surface area contributed by atoms with E-state index in [1.54, 1.807) is 17.5 Å². The van der Waals surface area contributed by atoms with Crippen molar-refractivity contribution in [3.05, 3.63) is 33.9 Å². The average Bonchev–Trinajstić information content (AvgIpc) is 2.99. The lowest BCUT2D eigenvalue weighted by atomic mass is 10.1. The molecule has 0 radical (unpaired) electrons. The van der Waals surface area contributed by atoms with Gasteiger partial charge in [-0.3, -0.25) is 5.10 Å². The fourth-order valence-electron chi connectivity index (χ4n) is 1.96. The summed E-state index contributed by atoms with van der Waals surface area (Å²) in [5.74, 6) is 0.714. The number of nitrogens with zero attached hydrogens (tertiary/aromatic N) is 3. The fourth-order valence-corrected chi connectivity index (χ4v) is 2.81. The maximum Gasteiger partial charge on any atom is 0.226 e. The van der Waals surface area contributed by atoms with Crippen molar-refractivity contribution < 1.29 is 0 Å². The number of H-pyrrole nitrogens is 1. The van der Waals surface area contributed by atoms with Crippen molar-refractivity contribution in [2.75, 3.05) is 5.32 Å². The second-order valence-corrected chi connectivity index (χ2v) is 5.47. The summed E-state index contributed by atoms with van der Waals surface area (Å²) in [6, 6.07) is 2.38. The van der Waals surface area contributed by atoms with Crippen LogP contribution < -0.4 is 5.32 Å². The maximum atomic E-state index is 5.90. The van der Waals surface area contributed by atoms with Crippen molar-refractivity contribution in [1.29, 1.82) is 0 Å². The molecule has 0 saturated heterocycles. The van der Waals surface area contributed by atoms with Gasteiger partial charge in [0.2, 0.25) is 5.28 Å². The van der Waals surface area contributed by atoms with E-state index in [1.807, 2.05) is 0 Å². The first-order valence-electron chi connectivity index (χ1n) is 5.86. The van der Waals surface area contributed by atoms with Crippen LogP contribution in [-0.4, -0.2) is 26.2 Å². The molecule has 3 aromatic rings. The van der Waals surface area contributed by atoms with Gasteiger partial charge in [-0.25, -0.2) is 0 Å². The van der Waals surface area contributed by atoms with E-state index in [4.69, 9.17) is 11.6 Å². The van der Waals surface area contributed by atoms with Crippen LogP contribution >= 0.6 is 22.9 Å². The Morgan fingerprint density at radius 1 is 1.47 bits per heavy atom. The first-order valence-corrected chi connectivity index (χ1v) is 7.18. The Kier molecular flexibility index (Phi) is 3.35. The standard InChI is InChI=1S/C12H12ClN5S/c1-7(4-8-2-3-19-6-8)15-10-9-5-14-18-11(9)17-12(13)16-10/h2-3,5-7H,4H2,1H3,(H2,14,15,16,17,18). The van der Waals surface area contributed by atoms with Crippen LogP contribution in [-0.2, 0) is 6.42 Å². The second kappa shape index (κ2) is 5.14. The predicted octanol–water partition coefficient (Wildman–Crippen LogP) is 3.11. The van der Waals surface area contributed by atoms with E-state index in [9.17, 15) is 0 Å². The van der Waals surface area contributed by atoms with Crippen molar-refractivity contribution >= 4 is 39.8 Å². The fraction of sp³-hybridized carbons (Fsp3) is 0.250. The summed E-state index contributed by atoms with van der Waals surface area (Å²) < 4.78 is 0. The van der Waals surface area contributed by atoms with E-state index < -0.39 is 0 Å².